The van der Waals surface area contributed by atoms with Crippen molar-refractivity contribution in [2.75, 3.05) is 18.1 Å². The number of hydrogen-bond donors (Lipinski definition) is 6. The Morgan fingerprint density at radius 2 is 1.66 bits per heavy atom. The number of carbonyl (C=O) groups excluding carboxylic acids is 4. The zero-order valence-corrected chi connectivity index (χ0v) is 25.7. The highest BCUT2D eigenvalue weighted by Crippen LogP contribution is 2.12. The third-order valence-corrected chi connectivity index (χ3v) is 7.04. The Bertz CT molecular complexity index is 1450. The average Bonchev–Trinajstić information content (AvgIpc) is 2.97. The maximum Gasteiger partial charge on any atom is 0.312 e. The van der Waals surface area contributed by atoms with E-state index in [1.165, 1.54) is 12.4 Å². The van der Waals surface area contributed by atoms with E-state index < -0.39 is 39.8 Å². The summed E-state index contributed by atoms with van der Waals surface area (Å²) in [5.74, 6) is 4.01. The Morgan fingerprint density at radius 3 is 2.23 bits per heavy atom. The number of amides is 5. The number of anilines is 1. The van der Waals surface area contributed by atoms with Gasteiger partial charge < -0.3 is 32.1 Å². The van der Waals surface area contributed by atoms with Crippen LogP contribution in [-0.4, -0.2) is 72.1 Å². The number of unbranched alkanes of at least 4 members (excludes halogenated alkanes) is 1. The molecule has 1 aromatic heterocycles. The van der Waals surface area contributed by atoms with Gasteiger partial charge in [0.25, 0.3) is 0 Å². The van der Waals surface area contributed by atoms with Crippen LogP contribution in [0.1, 0.15) is 57.1 Å². The van der Waals surface area contributed by atoms with Crippen LogP contribution in [0.4, 0.5) is 10.5 Å². The van der Waals surface area contributed by atoms with Gasteiger partial charge in [-0.25, -0.2) is 23.2 Å². The van der Waals surface area contributed by atoms with Crippen LogP contribution in [0.5, 0.6) is 0 Å². The van der Waals surface area contributed by atoms with E-state index in [-0.39, 0.29) is 43.0 Å². The quantitative estimate of drug-likeness (QED) is 0.0921. The van der Waals surface area contributed by atoms with Crippen LogP contribution in [0.25, 0.3) is 0 Å². The fraction of sp³-hybridized carbons (Fsp3) is 0.448. The number of benzene rings is 1. The van der Waals surface area contributed by atoms with E-state index in [4.69, 9.17) is 5.73 Å². The highest BCUT2D eigenvalue weighted by molar-refractivity contribution is 7.90. The molecule has 2 aromatic rings. The van der Waals surface area contributed by atoms with Crippen molar-refractivity contribution in [1.82, 2.24) is 25.9 Å². The van der Waals surface area contributed by atoms with Crippen molar-refractivity contribution >= 4 is 39.3 Å². The summed E-state index contributed by atoms with van der Waals surface area (Å²) in [6.45, 7) is 3.59. The molecular weight excluding hydrogens is 590 g/mol. The van der Waals surface area contributed by atoms with Crippen molar-refractivity contribution in [3.05, 3.63) is 47.8 Å². The van der Waals surface area contributed by atoms with E-state index in [9.17, 15) is 32.7 Å². The predicted molar refractivity (Wildman–Crippen MR) is 162 cm³/mol. The van der Waals surface area contributed by atoms with Crippen LogP contribution < -0.4 is 27.0 Å². The number of primary amides is 1. The Hall–Kier alpha value is -4.55. The molecule has 0 saturated heterocycles. The van der Waals surface area contributed by atoms with Gasteiger partial charge in [0.15, 0.2) is 0 Å². The van der Waals surface area contributed by atoms with Crippen LogP contribution in [0.2, 0.25) is 0 Å². The molecule has 1 aromatic carbocycles. The molecule has 7 N–H and O–H groups in total. The number of aliphatic hydroxyl groups excluding tert-OH is 1. The highest BCUT2D eigenvalue weighted by atomic mass is 32.2. The van der Waals surface area contributed by atoms with E-state index in [0.717, 1.165) is 6.26 Å². The Labute approximate surface area is 256 Å². The Morgan fingerprint density at radius 1 is 1.00 bits per heavy atom. The second kappa shape index (κ2) is 17.5. The lowest BCUT2D eigenvalue weighted by atomic mass is 10.0. The summed E-state index contributed by atoms with van der Waals surface area (Å²) in [5.41, 5.74) is 6.68. The fourth-order valence-electron chi connectivity index (χ4n) is 3.83. The van der Waals surface area contributed by atoms with Gasteiger partial charge in [-0.05, 0) is 42.9 Å². The summed E-state index contributed by atoms with van der Waals surface area (Å²) in [6, 6.07) is 3.97. The van der Waals surface area contributed by atoms with Crippen LogP contribution in [0.3, 0.4) is 0 Å². The molecule has 238 valence electrons. The summed E-state index contributed by atoms with van der Waals surface area (Å²) >= 11 is 0. The van der Waals surface area contributed by atoms with Gasteiger partial charge in [-0.2, -0.15) is 0 Å². The molecule has 0 spiro atoms. The first-order valence-electron chi connectivity index (χ1n) is 13.9. The van der Waals surface area contributed by atoms with Crippen molar-refractivity contribution < 1.29 is 32.7 Å². The van der Waals surface area contributed by atoms with E-state index in [1.54, 1.807) is 38.1 Å². The minimum absolute atomic E-state index is 0.0984. The van der Waals surface area contributed by atoms with Gasteiger partial charge in [-0.3, -0.25) is 14.4 Å². The maximum absolute atomic E-state index is 13.2. The first-order valence-corrected chi connectivity index (χ1v) is 15.8. The smallest absolute Gasteiger partial charge is 0.312 e. The summed E-state index contributed by atoms with van der Waals surface area (Å²) in [7, 11) is -3.50. The number of rotatable bonds is 15. The Kier molecular flexibility index (Phi) is 14.2. The topological polar surface area (TPSA) is 223 Å². The number of sulfone groups is 1. The van der Waals surface area contributed by atoms with E-state index in [0.29, 0.717) is 36.1 Å². The van der Waals surface area contributed by atoms with Gasteiger partial charge in [-0.15, -0.1) is 0 Å². The third-order valence-electron chi connectivity index (χ3n) is 6.17. The molecule has 0 aliphatic rings. The number of carbonyl (C=O) groups is 4. The number of nitrogens with one attached hydrogen (secondary N) is 4. The molecule has 2 atom stereocenters. The maximum atomic E-state index is 13.2. The molecule has 5 amide bonds. The summed E-state index contributed by atoms with van der Waals surface area (Å²) < 4.78 is 22.9. The molecule has 0 unspecified atom stereocenters. The molecule has 14 nitrogen and oxygen atoms in total. The molecule has 1 heterocycles. The number of urea groups is 1. The minimum atomic E-state index is -3.50. The third kappa shape index (κ3) is 12.8. The zero-order valence-electron chi connectivity index (χ0n) is 24.9. The second-order valence-electron chi connectivity index (χ2n) is 10.3. The predicted octanol–water partition coefficient (Wildman–Crippen LogP) is 0.607. The molecule has 0 radical (unpaired) electrons. The van der Waals surface area contributed by atoms with Gasteiger partial charge in [-0.1, -0.05) is 37.8 Å². The van der Waals surface area contributed by atoms with E-state index >= 15 is 0 Å². The standard InChI is InChI=1S/C29H39N7O7S/c1-19(2)25(36-24(38)10-6-4-5-8-21-16-32-29(33-17-21)44(3,42)43)27(40)35-23(9-7-15-31-28(30)41)26(39)34-22-13-11-20(18-37)12-14-22/h11-14,16-17,19,23,25,37H,4,6-7,9-10,15,18H2,1-3H3,(H,34,39)(H,35,40)(H,36,38)(H3,30,31,41)/t23-,25-/m0/s1. The SMILES string of the molecule is CC(C)[C@H](NC(=O)CCCC#Cc1cnc(S(C)(=O)=O)nc1)C(=O)N[C@@H](CCCNC(N)=O)C(=O)Nc1ccc(CO)cc1. The normalized spacial score (nSPS) is 12.3. The molecule has 0 saturated carbocycles. The molecule has 0 aliphatic heterocycles. The minimum Gasteiger partial charge on any atom is -0.392 e. The van der Waals surface area contributed by atoms with Crippen molar-refractivity contribution in [3.63, 3.8) is 0 Å². The fourth-order valence-corrected chi connectivity index (χ4v) is 4.31. The lowest BCUT2D eigenvalue weighted by Gasteiger charge is -2.25. The number of nitrogens with two attached hydrogens (primary N) is 1. The number of nitrogens with zero attached hydrogens (tertiary/aromatic N) is 2. The van der Waals surface area contributed by atoms with Gasteiger partial charge in [0.05, 0.1) is 12.2 Å². The van der Waals surface area contributed by atoms with E-state index in [1.807, 2.05) is 0 Å². The molecule has 15 heteroatoms. The second-order valence-corrected chi connectivity index (χ2v) is 12.2. The zero-order chi connectivity index (χ0) is 32.7. The Balaban J connectivity index is 1.96. The first kappa shape index (κ1) is 35.6. The lowest BCUT2D eigenvalue weighted by molar-refractivity contribution is -0.132. The molecule has 2 rings (SSSR count). The first-order chi connectivity index (χ1) is 20.8. The lowest BCUT2D eigenvalue weighted by Crippen LogP contribution is -2.54. The van der Waals surface area contributed by atoms with Crippen LogP contribution in [-0.2, 0) is 30.8 Å². The van der Waals surface area contributed by atoms with Crippen LogP contribution >= 0.6 is 0 Å². The van der Waals surface area contributed by atoms with E-state index in [2.05, 4.69) is 43.1 Å². The number of hydrogen-bond acceptors (Lipinski definition) is 9. The van der Waals surface area contributed by atoms with Crippen molar-refractivity contribution in [2.45, 2.75) is 69.8 Å². The van der Waals surface area contributed by atoms with Gasteiger partial charge in [0.2, 0.25) is 32.7 Å². The average molecular weight is 630 g/mol. The van der Waals surface area contributed by atoms with Crippen LogP contribution in [0.15, 0.2) is 41.8 Å². The molecule has 0 aliphatic carbocycles. The monoisotopic (exact) mass is 629 g/mol. The molecular formula is C29H39N7O7S. The summed E-state index contributed by atoms with van der Waals surface area (Å²) in [4.78, 5) is 57.5. The molecule has 44 heavy (non-hydrogen) atoms. The number of aliphatic hydroxyl groups is 1. The van der Waals surface area contributed by atoms with Crippen molar-refractivity contribution in [3.8, 4) is 11.8 Å². The summed E-state index contributed by atoms with van der Waals surface area (Å²) in [6.07, 6.45) is 5.02. The van der Waals surface area contributed by atoms with Gasteiger partial charge >= 0.3 is 6.03 Å². The number of aromatic nitrogens is 2. The molecule has 0 bridgehead atoms. The van der Waals surface area contributed by atoms with Gasteiger partial charge in [0.1, 0.15) is 12.1 Å². The molecule has 0 fully saturated rings. The highest BCUT2D eigenvalue weighted by Gasteiger charge is 2.28. The van der Waals surface area contributed by atoms with Crippen molar-refractivity contribution in [1.29, 1.82) is 0 Å². The van der Waals surface area contributed by atoms with Gasteiger partial charge in [0, 0.05) is 43.7 Å². The largest absolute Gasteiger partial charge is 0.392 e. The summed E-state index contributed by atoms with van der Waals surface area (Å²) in [5, 5.41) is 19.6. The van der Waals surface area contributed by atoms with Crippen LogP contribution in [0, 0.1) is 17.8 Å². The van der Waals surface area contributed by atoms with Crippen molar-refractivity contribution in [2.24, 2.45) is 11.7 Å².